The van der Waals surface area contributed by atoms with Gasteiger partial charge in [0.2, 0.25) is 0 Å². The van der Waals surface area contributed by atoms with Gasteiger partial charge in [0.15, 0.2) is 0 Å². The molecule has 0 N–H and O–H groups in total. The molecule has 2 unspecified atom stereocenters. The van der Waals surface area contributed by atoms with Gasteiger partial charge in [-0.2, -0.15) is 0 Å². The van der Waals surface area contributed by atoms with Crippen LogP contribution in [0.25, 0.3) is 6.08 Å². The molecular formula is C36H36N2O2. The molecule has 0 aliphatic carbocycles. The fraction of sp³-hybridized carbons (Fsp3) is 0.222. The number of hydrogen-bond donors (Lipinski definition) is 0. The third-order valence-electron chi connectivity index (χ3n) is 7.84. The van der Waals surface area contributed by atoms with Gasteiger partial charge in [-0.25, -0.2) is 0 Å². The molecule has 0 radical (unpaired) electrons. The standard InChI is InChI=1S/C36H36N2O2/c1-5-28-18-21-30(22-19-28)36(40)37-27(4)24-33(31-16-11-13-26(3)35(31)37)38(32-17-10-9-12-25(32)2)34(39)23-20-29-14-7-6-8-15-29/h6-23,27,33H,5,24H2,1-4H3. The molecule has 4 nitrogen and oxygen atoms in total. The number of fused-ring (bicyclic) bond motifs is 1. The van der Waals surface area contributed by atoms with Crippen LogP contribution in [0.1, 0.15) is 64.5 Å². The van der Waals surface area contributed by atoms with Gasteiger partial charge >= 0.3 is 0 Å². The second kappa shape index (κ2) is 11.7. The summed E-state index contributed by atoms with van der Waals surface area (Å²) in [7, 11) is 0. The maximum Gasteiger partial charge on any atom is 0.258 e. The van der Waals surface area contributed by atoms with Crippen molar-refractivity contribution in [1.82, 2.24) is 0 Å². The number of aryl methyl sites for hydroxylation is 3. The van der Waals surface area contributed by atoms with E-state index in [4.69, 9.17) is 0 Å². The number of nitrogens with zero attached hydrogens (tertiary/aromatic N) is 2. The molecular weight excluding hydrogens is 492 g/mol. The molecule has 0 fully saturated rings. The molecule has 0 spiro atoms. The molecule has 4 heteroatoms. The van der Waals surface area contributed by atoms with E-state index in [0.717, 1.165) is 40.0 Å². The summed E-state index contributed by atoms with van der Waals surface area (Å²) < 4.78 is 0. The third-order valence-corrected chi connectivity index (χ3v) is 7.84. The van der Waals surface area contributed by atoms with Crippen molar-refractivity contribution in [3.8, 4) is 0 Å². The first-order valence-corrected chi connectivity index (χ1v) is 14.0. The van der Waals surface area contributed by atoms with E-state index in [9.17, 15) is 9.59 Å². The van der Waals surface area contributed by atoms with Crippen molar-refractivity contribution >= 4 is 29.3 Å². The fourth-order valence-electron chi connectivity index (χ4n) is 5.71. The smallest absolute Gasteiger partial charge is 0.258 e. The number of benzene rings is 4. The maximum absolute atomic E-state index is 14.0. The lowest BCUT2D eigenvalue weighted by atomic mass is 9.87. The number of anilines is 2. The van der Waals surface area contributed by atoms with E-state index in [2.05, 4.69) is 19.9 Å². The van der Waals surface area contributed by atoms with Gasteiger partial charge in [0, 0.05) is 23.4 Å². The van der Waals surface area contributed by atoms with E-state index >= 15 is 0 Å². The van der Waals surface area contributed by atoms with Gasteiger partial charge in [0.05, 0.1) is 11.7 Å². The summed E-state index contributed by atoms with van der Waals surface area (Å²) in [5.41, 5.74) is 7.66. The van der Waals surface area contributed by atoms with Crippen molar-refractivity contribution < 1.29 is 9.59 Å². The number of para-hydroxylation sites is 2. The number of carbonyl (C=O) groups is 2. The highest BCUT2D eigenvalue weighted by molar-refractivity contribution is 6.09. The Morgan fingerprint density at radius 2 is 1.52 bits per heavy atom. The Hall–Kier alpha value is -4.44. The topological polar surface area (TPSA) is 40.6 Å². The quantitative estimate of drug-likeness (QED) is 0.237. The van der Waals surface area contributed by atoms with Crippen LogP contribution in [0, 0.1) is 13.8 Å². The van der Waals surface area contributed by atoms with Crippen LogP contribution in [0.3, 0.4) is 0 Å². The van der Waals surface area contributed by atoms with E-state index in [-0.39, 0.29) is 23.9 Å². The van der Waals surface area contributed by atoms with Crippen molar-refractivity contribution in [3.63, 3.8) is 0 Å². The van der Waals surface area contributed by atoms with Crippen molar-refractivity contribution in [1.29, 1.82) is 0 Å². The largest absolute Gasteiger partial charge is 0.305 e. The van der Waals surface area contributed by atoms with Crippen molar-refractivity contribution in [2.45, 2.75) is 52.6 Å². The zero-order valence-electron chi connectivity index (χ0n) is 23.7. The van der Waals surface area contributed by atoms with E-state index in [0.29, 0.717) is 12.0 Å². The van der Waals surface area contributed by atoms with Gasteiger partial charge in [0.1, 0.15) is 0 Å². The van der Waals surface area contributed by atoms with Gasteiger partial charge < -0.3 is 9.80 Å². The molecule has 40 heavy (non-hydrogen) atoms. The lowest BCUT2D eigenvalue weighted by molar-refractivity contribution is -0.114. The minimum Gasteiger partial charge on any atom is -0.305 e. The summed E-state index contributed by atoms with van der Waals surface area (Å²) in [5.74, 6) is -0.0976. The lowest BCUT2D eigenvalue weighted by Gasteiger charge is -2.44. The molecule has 1 heterocycles. The van der Waals surface area contributed by atoms with E-state index in [1.54, 1.807) is 6.08 Å². The van der Waals surface area contributed by atoms with E-state index < -0.39 is 0 Å². The number of carbonyl (C=O) groups excluding carboxylic acids is 2. The monoisotopic (exact) mass is 528 g/mol. The molecule has 0 aromatic heterocycles. The Labute approximate surface area is 237 Å². The maximum atomic E-state index is 14.0. The van der Waals surface area contributed by atoms with Crippen LogP contribution >= 0.6 is 0 Å². The van der Waals surface area contributed by atoms with Gasteiger partial charge in [-0.15, -0.1) is 0 Å². The average molecular weight is 529 g/mol. The van der Waals surface area contributed by atoms with Gasteiger partial charge in [-0.1, -0.05) is 85.8 Å². The second-order valence-electron chi connectivity index (χ2n) is 10.6. The van der Waals surface area contributed by atoms with Crippen LogP contribution < -0.4 is 9.80 Å². The highest BCUT2D eigenvalue weighted by Crippen LogP contribution is 2.45. The zero-order valence-corrected chi connectivity index (χ0v) is 23.7. The van der Waals surface area contributed by atoms with Gasteiger partial charge in [-0.05, 0) is 85.7 Å². The van der Waals surface area contributed by atoms with E-state index in [1.165, 1.54) is 5.56 Å². The third kappa shape index (κ3) is 5.35. The Bertz CT molecular complexity index is 1540. The number of amides is 2. The predicted octanol–water partition coefficient (Wildman–Crippen LogP) is 8.09. The van der Waals surface area contributed by atoms with E-state index in [1.807, 2.05) is 121 Å². The molecule has 5 rings (SSSR count). The van der Waals surface area contributed by atoms with Crippen LogP contribution in [0.5, 0.6) is 0 Å². The van der Waals surface area contributed by atoms with Crippen LogP contribution in [0.4, 0.5) is 11.4 Å². The summed E-state index contributed by atoms with van der Waals surface area (Å²) in [5, 5.41) is 0. The first-order chi connectivity index (χ1) is 19.4. The summed E-state index contributed by atoms with van der Waals surface area (Å²) in [4.78, 5) is 31.8. The zero-order chi connectivity index (χ0) is 28.2. The second-order valence-corrected chi connectivity index (χ2v) is 10.6. The molecule has 2 amide bonds. The van der Waals surface area contributed by atoms with Crippen molar-refractivity contribution in [3.05, 3.63) is 137 Å². The molecule has 2 atom stereocenters. The first-order valence-electron chi connectivity index (χ1n) is 14.0. The molecule has 202 valence electrons. The fourth-order valence-corrected chi connectivity index (χ4v) is 5.71. The molecule has 1 aliphatic rings. The van der Waals surface area contributed by atoms with Crippen LogP contribution in [0.15, 0.2) is 103 Å². The Morgan fingerprint density at radius 1 is 0.850 bits per heavy atom. The number of hydrogen-bond acceptors (Lipinski definition) is 2. The Balaban J connectivity index is 1.59. The molecule has 1 aliphatic heterocycles. The van der Waals surface area contributed by atoms with Gasteiger partial charge in [0.25, 0.3) is 11.8 Å². The SMILES string of the molecule is CCc1ccc(C(=O)N2c3c(C)cccc3C(N(C(=O)C=Cc3ccccc3)c3ccccc3C)CC2C)cc1. The summed E-state index contributed by atoms with van der Waals surface area (Å²) in [6.45, 7) is 8.28. The molecule has 4 aromatic carbocycles. The van der Waals surface area contributed by atoms with Crippen LogP contribution in [0.2, 0.25) is 0 Å². The molecule has 0 bridgehead atoms. The van der Waals surface area contributed by atoms with Crippen molar-refractivity contribution in [2.24, 2.45) is 0 Å². The normalized spacial score (nSPS) is 16.6. The highest BCUT2D eigenvalue weighted by atomic mass is 16.2. The molecule has 0 saturated heterocycles. The lowest BCUT2D eigenvalue weighted by Crippen LogP contribution is -2.48. The van der Waals surface area contributed by atoms with Gasteiger partial charge in [-0.3, -0.25) is 9.59 Å². The summed E-state index contributed by atoms with van der Waals surface area (Å²) in [6.07, 6.45) is 5.08. The highest BCUT2D eigenvalue weighted by Gasteiger charge is 2.39. The summed E-state index contributed by atoms with van der Waals surface area (Å²) >= 11 is 0. The van der Waals surface area contributed by atoms with Crippen molar-refractivity contribution in [2.75, 3.05) is 9.80 Å². The Kier molecular flexibility index (Phi) is 7.97. The average Bonchev–Trinajstić information content (AvgIpc) is 2.98. The Morgan fingerprint density at radius 3 is 2.23 bits per heavy atom. The van der Waals surface area contributed by atoms with Crippen LogP contribution in [-0.2, 0) is 11.2 Å². The molecule has 4 aromatic rings. The first kappa shape index (κ1) is 27.1. The van der Waals surface area contributed by atoms with Crippen LogP contribution in [-0.4, -0.2) is 17.9 Å². The number of rotatable bonds is 6. The molecule has 0 saturated carbocycles. The minimum absolute atomic E-state index is 0.0121. The summed E-state index contributed by atoms with van der Waals surface area (Å²) in [6, 6.07) is 31.6. The predicted molar refractivity (Wildman–Crippen MR) is 165 cm³/mol. The minimum atomic E-state index is -0.231.